The molecule has 1 rings (SSSR count). The van der Waals surface area contributed by atoms with Gasteiger partial charge in [0.05, 0.1) is 17.4 Å². The first-order chi connectivity index (χ1) is 7.41. The Morgan fingerprint density at radius 2 is 2.00 bits per heavy atom. The van der Waals surface area contributed by atoms with Gasteiger partial charge < -0.3 is 11.1 Å². The summed E-state index contributed by atoms with van der Waals surface area (Å²) >= 11 is 0. The molecule has 1 heterocycles. The lowest BCUT2D eigenvalue weighted by molar-refractivity contribution is -0.118. The monoisotopic (exact) mass is 221 g/mol. The number of carbonyl (C=O) groups excluding carboxylic acids is 1. The quantitative estimate of drug-likeness (QED) is 0.815. The molecule has 0 fully saturated rings. The number of hydrogen-bond donors (Lipinski definition) is 2. The van der Waals surface area contributed by atoms with Crippen LogP contribution in [0.5, 0.6) is 0 Å². The molecule has 1 aromatic rings. The second-order valence-corrected chi connectivity index (χ2v) is 4.34. The van der Waals surface area contributed by atoms with Crippen LogP contribution in [0.4, 0.5) is 5.69 Å². The molecule has 0 aliphatic carbocycles. The average molecular weight is 221 g/mol. The van der Waals surface area contributed by atoms with Gasteiger partial charge in [0.15, 0.2) is 0 Å². The fraction of sp³-hybridized carbons (Fsp3) is 0.500. The minimum Gasteiger partial charge on any atom is -0.323 e. The smallest absolute Gasteiger partial charge is 0.241 e. The minimum atomic E-state index is -0.485. The van der Waals surface area contributed by atoms with Crippen LogP contribution in [0.2, 0.25) is 0 Å². The van der Waals surface area contributed by atoms with Gasteiger partial charge >= 0.3 is 0 Å². The standard InChI is InChI=1S/C12H19N3O/c1-7(2)11(13)12(16)15-10-6-5-8(3)14-9(10)4/h5-7,11H,13H2,1-4H3,(H,15,16). The summed E-state index contributed by atoms with van der Waals surface area (Å²) in [7, 11) is 0. The largest absolute Gasteiger partial charge is 0.323 e. The predicted molar refractivity (Wildman–Crippen MR) is 65.2 cm³/mol. The molecule has 3 N–H and O–H groups in total. The number of carbonyl (C=O) groups is 1. The first-order valence-electron chi connectivity index (χ1n) is 5.42. The van der Waals surface area contributed by atoms with Crippen molar-refractivity contribution in [2.45, 2.75) is 33.7 Å². The van der Waals surface area contributed by atoms with Gasteiger partial charge in [-0.25, -0.2) is 0 Å². The molecule has 1 aromatic heterocycles. The van der Waals surface area contributed by atoms with Crippen LogP contribution in [-0.2, 0) is 4.79 Å². The highest BCUT2D eigenvalue weighted by atomic mass is 16.2. The first kappa shape index (κ1) is 12.6. The van der Waals surface area contributed by atoms with Crippen molar-refractivity contribution in [2.75, 3.05) is 5.32 Å². The zero-order valence-electron chi connectivity index (χ0n) is 10.2. The van der Waals surface area contributed by atoms with E-state index in [4.69, 9.17) is 5.73 Å². The number of nitrogens with zero attached hydrogens (tertiary/aromatic N) is 1. The number of pyridine rings is 1. The molecule has 4 nitrogen and oxygen atoms in total. The summed E-state index contributed by atoms with van der Waals surface area (Å²) in [5.41, 5.74) is 8.23. The maximum atomic E-state index is 11.7. The van der Waals surface area contributed by atoms with Gasteiger partial charge in [0.25, 0.3) is 0 Å². The number of nitrogens with two attached hydrogens (primary N) is 1. The van der Waals surface area contributed by atoms with E-state index < -0.39 is 6.04 Å². The summed E-state index contributed by atoms with van der Waals surface area (Å²) in [6.45, 7) is 7.62. The van der Waals surface area contributed by atoms with Crippen LogP contribution in [0.25, 0.3) is 0 Å². The van der Waals surface area contributed by atoms with Crippen molar-refractivity contribution in [1.29, 1.82) is 0 Å². The zero-order valence-corrected chi connectivity index (χ0v) is 10.2. The fourth-order valence-electron chi connectivity index (χ4n) is 1.34. The van der Waals surface area contributed by atoms with Crippen LogP contribution >= 0.6 is 0 Å². The van der Waals surface area contributed by atoms with Crippen molar-refractivity contribution in [1.82, 2.24) is 4.98 Å². The maximum Gasteiger partial charge on any atom is 0.241 e. The van der Waals surface area contributed by atoms with Gasteiger partial charge in [-0.1, -0.05) is 13.8 Å². The van der Waals surface area contributed by atoms with E-state index in [-0.39, 0.29) is 11.8 Å². The summed E-state index contributed by atoms with van der Waals surface area (Å²) in [5.74, 6) is -0.0394. The molecular weight excluding hydrogens is 202 g/mol. The Balaban J connectivity index is 2.77. The summed E-state index contributed by atoms with van der Waals surface area (Å²) < 4.78 is 0. The molecular formula is C12H19N3O. The second kappa shape index (κ2) is 5.07. The van der Waals surface area contributed by atoms with Gasteiger partial charge in [0.1, 0.15) is 0 Å². The Bertz CT molecular complexity index is 388. The molecule has 0 radical (unpaired) electrons. The summed E-state index contributed by atoms with van der Waals surface area (Å²) in [5, 5.41) is 2.79. The highest BCUT2D eigenvalue weighted by Crippen LogP contribution is 2.13. The Labute approximate surface area is 96.3 Å². The number of rotatable bonds is 3. The Kier molecular flexibility index (Phi) is 4.01. The van der Waals surface area contributed by atoms with Crippen LogP contribution in [0.1, 0.15) is 25.2 Å². The molecule has 0 spiro atoms. The van der Waals surface area contributed by atoms with Crippen LogP contribution in [0, 0.1) is 19.8 Å². The third-order valence-electron chi connectivity index (χ3n) is 2.50. The lowest BCUT2D eigenvalue weighted by Crippen LogP contribution is -2.39. The third kappa shape index (κ3) is 3.03. The molecule has 1 amide bonds. The molecule has 0 aliphatic rings. The van der Waals surface area contributed by atoms with E-state index in [0.29, 0.717) is 0 Å². The number of aromatic nitrogens is 1. The molecule has 88 valence electrons. The number of anilines is 1. The predicted octanol–water partition coefficient (Wildman–Crippen LogP) is 1.62. The van der Waals surface area contributed by atoms with Gasteiger partial charge in [-0.15, -0.1) is 0 Å². The highest BCUT2D eigenvalue weighted by molar-refractivity contribution is 5.95. The number of hydrogen-bond acceptors (Lipinski definition) is 3. The van der Waals surface area contributed by atoms with Gasteiger partial charge in [-0.2, -0.15) is 0 Å². The van der Waals surface area contributed by atoms with E-state index in [1.807, 2.05) is 39.8 Å². The summed E-state index contributed by atoms with van der Waals surface area (Å²) in [6.07, 6.45) is 0. The first-order valence-corrected chi connectivity index (χ1v) is 5.42. The van der Waals surface area contributed by atoms with Crippen LogP contribution in [0.3, 0.4) is 0 Å². The van der Waals surface area contributed by atoms with E-state index in [1.165, 1.54) is 0 Å². The molecule has 0 aliphatic heterocycles. The minimum absolute atomic E-state index is 0.124. The Hall–Kier alpha value is -1.42. The fourth-order valence-corrected chi connectivity index (χ4v) is 1.34. The number of amides is 1. The molecule has 4 heteroatoms. The molecule has 1 unspecified atom stereocenters. The molecule has 0 saturated carbocycles. The maximum absolute atomic E-state index is 11.7. The zero-order chi connectivity index (χ0) is 12.3. The van der Waals surface area contributed by atoms with Crippen molar-refractivity contribution in [3.05, 3.63) is 23.5 Å². The van der Waals surface area contributed by atoms with Crippen molar-refractivity contribution in [2.24, 2.45) is 11.7 Å². The summed E-state index contributed by atoms with van der Waals surface area (Å²) in [6, 6.07) is 3.23. The SMILES string of the molecule is Cc1ccc(NC(=O)C(N)C(C)C)c(C)n1. The van der Waals surface area contributed by atoms with Crippen LogP contribution < -0.4 is 11.1 Å². The Morgan fingerprint density at radius 3 is 2.50 bits per heavy atom. The van der Waals surface area contributed by atoms with Crippen LogP contribution in [0.15, 0.2) is 12.1 Å². The molecule has 1 atom stereocenters. The van der Waals surface area contributed by atoms with Crippen molar-refractivity contribution in [3.63, 3.8) is 0 Å². The molecule has 0 aromatic carbocycles. The lowest BCUT2D eigenvalue weighted by atomic mass is 10.0. The highest BCUT2D eigenvalue weighted by Gasteiger charge is 2.17. The van der Waals surface area contributed by atoms with Crippen molar-refractivity contribution in [3.8, 4) is 0 Å². The topological polar surface area (TPSA) is 68.0 Å². The van der Waals surface area contributed by atoms with Crippen molar-refractivity contribution < 1.29 is 4.79 Å². The molecule has 0 bridgehead atoms. The lowest BCUT2D eigenvalue weighted by Gasteiger charge is -2.16. The number of nitrogens with one attached hydrogen (secondary N) is 1. The van der Waals surface area contributed by atoms with Gasteiger partial charge in [-0.3, -0.25) is 9.78 Å². The van der Waals surface area contributed by atoms with Gasteiger partial charge in [-0.05, 0) is 31.9 Å². The summed E-state index contributed by atoms with van der Waals surface area (Å²) in [4.78, 5) is 16.0. The van der Waals surface area contributed by atoms with Gasteiger partial charge in [0, 0.05) is 5.69 Å². The van der Waals surface area contributed by atoms with E-state index in [9.17, 15) is 4.79 Å². The third-order valence-corrected chi connectivity index (χ3v) is 2.50. The molecule has 0 saturated heterocycles. The normalized spacial score (nSPS) is 12.6. The van der Waals surface area contributed by atoms with Crippen LogP contribution in [-0.4, -0.2) is 16.9 Å². The van der Waals surface area contributed by atoms with E-state index in [1.54, 1.807) is 0 Å². The van der Waals surface area contributed by atoms with E-state index in [0.717, 1.165) is 17.1 Å². The van der Waals surface area contributed by atoms with Crippen molar-refractivity contribution >= 4 is 11.6 Å². The Morgan fingerprint density at radius 1 is 1.38 bits per heavy atom. The van der Waals surface area contributed by atoms with E-state index in [2.05, 4.69) is 10.3 Å². The second-order valence-electron chi connectivity index (χ2n) is 4.34. The van der Waals surface area contributed by atoms with Gasteiger partial charge in [0.2, 0.25) is 5.91 Å². The average Bonchev–Trinajstić information content (AvgIpc) is 2.20. The molecule has 16 heavy (non-hydrogen) atoms. The number of aryl methyl sites for hydroxylation is 2. The van der Waals surface area contributed by atoms with E-state index >= 15 is 0 Å².